The molecule has 0 radical (unpaired) electrons. The molecule has 0 saturated carbocycles. The van der Waals surface area contributed by atoms with E-state index in [4.69, 9.17) is 0 Å². The number of piperidine rings is 1. The Labute approximate surface area is 167 Å². The molecule has 2 unspecified atom stereocenters. The van der Waals surface area contributed by atoms with Crippen molar-refractivity contribution in [1.82, 2.24) is 24.6 Å². The Morgan fingerprint density at radius 3 is 2.86 bits per heavy atom. The largest absolute Gasteiger partial charge is 0.333 e. The molecule has 0 N–H and O–H groups in total. The number of nitrogens with zero attached hydrogens (tertiary/aromatic N) is 5. The molecule has 2 bridgehead atoms. The van der Waals surface area contributed by atoms with Crippen LogP contribution in [-0.4, -0.2) is 56.1 Å². The normalized spacial score (nSPS) is 22.6. The molecule has 5 heterocycles. The average Bonchev–Trinajstić information content (AvgIpc) is 2.82. The number of carbonyl (C=O) groups is 1. The van der Waals surface area contributed by atoms with Crippen molar-refractivity contribution in [1.29, 1.82) is 0 Å². The topological polar surface area (TPSA) is 54.3 Å². The Hall–Kier alpha value is -2.21. The second kappa shape index (κ2) is 8.03. The van der Waals surface area contributed by atoms with Crippen LogP contribution in [0.2, 0.25) is 0 Å². The maximum absolute atomic E-state index is 13.4. The second-order valence-electron chi connectivity index (χ2n) is 8.85. The fourth-order valence-electron chi connectivity index (χ4n) is 4.70. The Morgan fingerprint density at radius 2 is 2.11 bits per heavy atom. The summed E-state index contributed by atoms with van der Waals surface area (Å²) in [6.07, 6.45) is 6.98. The summed E-state index contributed by atoms with van der Waals surface area (Å²) in [5.74, 6) is 1.22. The molecule has 3 aliphatic rings. The molecule has 2 aromatic rings. The number of aromatic nitrogens is 3. The molecule has 2 atom stereocenters. The van der Waals surface area contributed by atoms with Gasteiger partial charge in [-0.15, -0.1) is 0 Å². The maximum atomic E-state index is 13.4. The van der Waals surface area contributed by atoms with Gasteiger partial charge in [0, 0.05) is 51.7 Å². The number of pyridine rings is 1. The lowest BCUT2D eigenvalue weighted by atomic mass is 9.94. The fourth-order valence-corrected chi connectivity index (χ4v) is 4.70. The Kier molecular flexibility index (Phi) is 5.49. The van der Waals surface area contributed by atoms with Crippen molar-refractivity contribution < 1.29 is 4.79 Å². The molecule has 5 rings (SSSR count). The van der Waals surface area contributed by atoms with Gasteiger partial charge in [-0.1, -0.05) is 19.9 Å². The third kappa shape index (κ3) is 4.12. The van der Waals surface area contributed by atoms with Gasteiger partial charge in [0.25, 0.3) is 5.91 Å². The van der Waals surface area contributed by atoms with E-state index in [-0.39, 0.29) is 11.9 Å². The minimum atomic E-state index is 0.142. The van der Waals surface area contributed by atoms with Crippen molar-refractivity contribution in [2.45, 2.75) is 45.7 Å². The number of amides is 1. The number of aryl methyl sites for hydroxylation is 1. The molecule has 3 aliphatic heterocycles. The molecular formula is C22H31N5O. The molecule has 6 nitrogen and oxygen atoms in total. The van der Waals surface area contributed by atoms with Crippen LogP contribution in [0.3, 0.4) is 0 Å². The van der Waals surface area contributed by atoms with Gasteiger partial charge in [-0.2, -0.15) is 5.10 Å². The summed E-state index contributed by atoms with van der Waals surface area (Å²) >= 11 is 0. The summed E-state index contributed by atoms with van der Waals surface area (Å²) in [6, 6.07) is 6.41. The lowest BCUT2D eigenvalue weighted by Gasteiger charge is -2.36. The van der Waals surface area contributed by atoms with E-state index in [0.717, 1.165) is 50.4 Å². The van der Waals surface area contributed by atoms with Gasteiger partial charge in [0.2, 0.25) is 0 Å². The fraction of sp³-hybridized carbons (Fsp3) is 0.591. The SMILES string of the molecule is CC(C)Cc1cc(C(=O)N2CC3CCC2CN(Cc2cccnc2)C3)n(C)n1. The quantitative estimate of drug-likeness (QED) is 0.799. The van der Waals surface area contributed by atoms with Crippen molar-refractivity contribution in [2.24, 2.45) is 18.9 Å². The monoisotopic (exact) mass is 381 g/mol. The smallest absolute Gasteiger partial charge is 0.272 e. The van der Waals surface area contributed by atoms with Gasteiger partial charge in [-0.05, 0) is 48.8 Å². The standard InChI is InChI=1S/C22H31N5O/c1-16(2)9-19-10-21(25(3)24-19)22(28)27-14-18-6-7-20(27)15-26(13-18)12-17-5-4-8-23-11-17/h4-5,8,10-11,16,18,20H,6-7,9,12-15H2,1-3H3. The Bertz CT molecular complexity index is 816. The van der Waals surface area contributed by atoms with E-state index in [1.165, 1.54) is 12.0 Å². The molecule has 1 amide bonds. The highest BCUT2D eigenvalue weighted by molar-refractivity contribution is 5.93. The number of rotatable bonds is 5. The van der Waals surface area contributed by atoms with Crippen molar-refractivity contribution in [3.8, 4) is 0 Å². The van der Waals surface area contributed by atoms with Crippen LogP contribution >= 0.6 is 0 Å². The van der Waals surface area contributed by atoms with Crippen molar-refractivity contribution in [3.05, 3.63) is 47.5 Å². The molecule has 3 fully saturated rings. The van der Waals surface area contributed by atoms with Crippen molar-refractivity contribution >= 4 is 5.91 Å². The molecule has 0 spiro atoms. The first-order valence-corrected chi connectivity index (χ1v) is 10.4. The van der Waals surface area contributed by atoms with Crippen LogP contribution in [0.5, 0.6) is 0 Å². The second-order valence-corrected chi connectivity index (χ2v) is 8.85. The predicted molar refractivity (Wildman–Crippen MR) is 109 cm³/mol. The molecular weight excluding hydrogens is 350 g/mol. The molecule has 0 aliphatic carbocycles. The number of fused-ring (bicyclic) bond motifs is 4. The molecule has 28 heavy (non-hydrogen) atoms. The Morgan fingerprint density at radius 1 is 1.25 bits per heavy atom. The molecule has 0 aromatic carbocycles. The zero-order valence-electron chi connectivity index (χ0n) is 17.2. The highest BCUT2D eigenvalue weighted by Crippen LogP contribution is 2.30. The van der Waals surface area contributed by atoms with Crippen molar-refractivity contribution in [3.63, 3.8) is 0 Å². The van der Waals surface area contributed by atoms with E-state index in [1.54, 1.807) is 4.68 Å². The zero-order chi connectivity index (χ0) is 19.7. The van der Waals surface area contributed by atoms with E-state index in [2.05, 4.69) is 39.8 Å². The number of hydrogen-bond donors (Lipinski definition) is 0. The van der Waals surface area contributed by atoms with Crippen LogP contribution in [0, 0.1) is 11.8 Å². The summed E-state index contributed by atoms with van der Waals surface area (Å²) in [4.78, 5) is 22.2. The number of carbonyl (C=O) groups excluding carboxylic acids is 1. The van der Waals surface area contributed by atoms with E-state index in [1.807, 2.05) is 31.6 Å². The van der Waals surface area contributed by atoms with Gasteiger partial charge < -0.3 is 4.90 Å². The van der Waals surface area contributed by atoms with Gasteiger partial charge in [0.15, 0.2) is 0 Å². The van der Waals surface area contributed by atoms with E-state index >= 15 is 0 Å². The van der Waals surface area contributed by atoms with Crippen LogP contribution in [0.15, 0.2) is 30.6 Å². The van der Waals surface area contributed by atoms with E-state index in [0.29, 0.717) is 11.8 Å². The lowest BCUT2D eigenvalue weighted by Crippen LogP contribution is -2.47. The summed E-state index contributed by atoms with van der Waals surface area (Å²) in [6.45, 7) is 8.12. The minimum Gasteiger partial charge on any atom is -0.333 e. The summed E-state index contributed by atoms with van der Waals surface area (Å²) in [7, 11) is 1.89. The first kappa shape index (κ1) is 19.1. The molecule has 6 heteroatoms. The maximum Gasteiger partial charge on any atom is 0.272 e. The highest BCUT2D eigenvalue weighted by Gasteiger charge is 2.38. The summed E-state index contributed by atoms with van der Waals surface area (Å²) in [5.41, 5.74) is 2.98. The lowest BCUT2D eigenvalue weighted by molar-refractivity contribution is 0.0573. The van der Waals surface area contributed by atoms with Crippen LogP contribution in [0.1, 0.15) is 48.4 Å². The van der Waals surface area contributed by atoms with Gasteiger partial charge in [-0.25, -0.2) is 0 Å². The van der Waals surface area contributed by atoms with Crippen LogP contribution in [-0.2, 0) is 20.0 Å². The first-order valence-electron chi connectivity index (χ1n) is 10.4. The predicted octanol–water partition coefficient (Wildman–Crippen LogP) is 2.75. The highest BCUT2D eigenvalue weighted by atomic mass is 16.2. The third-order valence-electron chi connectivity index (χ3n) is 5.95. The van der Waals surface area contributed by atoms with Crippen LogP contribution in [0.25, 0.3) is 0 Å². The Balaban J connectivity index is 1.49. The van der Waals surface area contributed by atoms with E-state index < -0.39 is 0 Å². The summed E-state index contributed by atoms with van der Waals surface area (Å²) < 4.78 is 1.77. The molecule has 3 saturated heterocycles. The summed E-state index contributed by atoms with van der Waals surface area (Å²) in [5, 5.41) is 4.57. The van der Waals surface area contributed by atoms with Gasteiger partial charge in [-0.3, -0.25) is 19.4 Å². The number of hydrogen-bond acceptors (Lipinski definition) is 4. The van der Waals surface area contributed by atoms with E-state index in [9.17, 15) is 4.79 Å². The third-order valence-corrected chi connectivity index (χ3v) is 5.95. The van der Waals surface area contributed by atoms with Gasteiger partial charge >= 0.3 is 0 Å². The molecule has 2 aromatic heterocycles. The van der Waals surface area contributed by atoms with Crippen LogP contribution in [0.4, 0.5) is 0 Å². The van der Waals surface area contributed by atoms with Crippen LogP contribution < -0.4 is 0 Å². The average molecular weight is 382 g/mol. The van der Waals surface area contributed by atoms with Gasteiger partial charge in [0.05, 0.1) is 5.69 Å². The van der Waals surface area contributed by atoms with Gasteiger partial charge in [0.1, 0.15) is 5.69 Å². The first-order chi connectivity index (χ1) is 13.5. The molecule has 150 valence electrons. The van der Waals surface area contributed by atoms with Crippen molar-refractivity contribution in [2.75, 3.05) is 19.6 Å². The zero-order valence-corrected chi connectivity index (χ0v) is 17.2. The minimum absolute atomic E-state index is 0.142.